The molecule has 6 nitrogen and oxygen atoms in total. The summed E-state index contributed by atoms with van der Waals surface area (Å²) >= 11 is 0. The molecule has 1 atom stereocenters. The lowest BCUT2D eigenvalue weighted by Crippen LogP contribution is -2.19. The Hall–Kier alpha value is -2.89. The maximum absolute atomic E-state index is 12.3. The molecule has 0 saturated heterocycles. The molecule has 0 saturated carbocycles. The van der Waals surface area contributed by atoms with Gasteiger partial charge in [-0.25, -0.2) is 4.98 Å². The fourth-order valence-corrected chi connectivity index (χ4v) is 2.77. The van der Waals surface area contributed by atoms with Crippen LogP contribution in [0.4, 0.5) is 5.95 Å². The van der Waals surface area contributed by atoms with Crippen molar-refractivity contribution in [3.8, 4) is 11.3 Å². The zero-order chi connectivity index (χ0) is 18.0. The van der Waals surface area contributed by atoms with Crippen LogP contribution in [-0.2, 0) is 11.8 Å². The minimum absolute atomic E-state index is 0.00510. The minimum atomic E-state index is -0.0802. The topological polar surface area (TPSA) is 64.7 Å². The molecule has 1 N–H and O–H groups in total. The molecule has 130 valence electrons. The normalized spacial score (nSPS) is 12.2. The highest BCUT2D eigenvalue weighted by atomic mass is 16.1. The Kier molecular flexibility index (Phi) is 4.70. The third-order valence-electron chi connectivity index (χ3n) is 4.50. The van der Waals surface area contributed by atoms with E-state index in [9.17, 15) is 4.79 Å². The third kappa shape index (κ3) is 3.63. The zero-order valence-electron chi connectivity index (χ0n) is 15.0. The first-order chi connectivity index (χ1) is 12.0. The number of amides is 1. The van der Waals surface area contributed by atoms with Crippen molar-refractivity contribution >= 4 is 11.9 Å². The molecule has 0 radical (unpaired) electrons. The number of aryl methyl sites for hydroxylation is 2. The summed E-state index contributed by atoms with van der Waals surface area (Å²) in [6.07, 6.45) is 5.70. The van der Waals surface area contributed by atoms with Crippen molar-refractivity contribution in [1.29, 1.82) is 0 Å². The van der Waals surface area contributed by atoms with Gasteiger partial charge in [0.05, 0.1) is 17.9 Å². The van der Waals surface area contributed by atoms with Crippen LogP contribution < -0.4 is 5.32 Å². The van der Waals surface area contributed by atoms with Crippen molar-refractivity contribution in [2.45, 2.75) is 33.2 Å². The van der Waals surface area contributed by atoms with Crippen LogP contribution in [0, 0.1) is 13.8 Å². The van der Waals surface area contributed by atoms with Gasteiger partial charge in [-0.1, -0.05) is 12.1 Å². The van der Waals surface area contributed by atoms with E-state index in [0.717, 1.165) is 11.3 Å². The van der Waals surface area contributed by atoms with Crippen LogP contribution in [0.3, 0.4) is 0 Å². The molecule has 0 fully saturated rings. The van der Waals surface area contributed by atoms with Gasteiger partial charge in [-0.15, -0.1) is 0 Å². The van der Waals surface area contributed by atoms with E-state index in [4.69, 9.17) is 0 Å². The van der Waals surface area contributed by atoms with Crippen LogP contribution >= 0.6 is 0 Å². The Balaban J connectivity index is 1.72. The number of aromatic nitrogens is 4. The van der Waals surface area contributed by atoms with Gasteiger partial charge in [-0.05, 0) is 44.0 Å². The zero-order valence-corrected chi connectivity index (χ0v) is 15.0. The Morgan fingerprint density at radius 2 is 2.08 bits per heavy atom. The lowest BCUT2D eigenvalue weighted by Gasteiger charge is -2.12. The van der Waals surface area contributed by atoms with Gasteiger partial charge in [-0.3, -0.25) is 14.8 Å². The molecule has 6 heteroatoms. The molecular formula is C19H23N5O. The van der Waals surface area contributed by atoms with Crippen LogP contribution in [0.15, 0.2) is 42.9 Å². The third-order valence-corrected chi connectivity index (χ3v) is 4.50. The van der Waals surface area contributed by atoms with Gasteiger partial charge >= 0.3 is 0 Å². The molecule has 3 aromatic rings. The monoisotopic (exact) mass is 337 g/mol. The second-order valence-electron chi connectivity index (χ2n) is 6.41. The van der Waals surface area contributed by atoms with Crippen molar-refractivity contribution in [2.75, 3.05) is 5.32 Å². The van der Waals surface area contributed by atoms with Crippen molar-refractivity contribution < 1.29 is 4.79 Å². The number of nitrogens with one attached hydrogen (secondary N) is 1. The number of carbonyl (C=O) groups excluding carboxylic acids is 1. The van der Waals surface area contributed by atoms with Gasteiger partial charge < -0.3 is 4.57 Å². The minimum Gasteiger partial charge on any atom is -0.313 e. The lowest BCUT2D eigenvalue weighted by atomic mass is 10.0. The largest absolute Gasteiger partial charge is 0.313 e. The standard InChI is InChI=1S/C19H23N5O/c1-13-6-7-16(10-14(13)2)17-12-20-19(23(17)4)22-18(25)11-15(3)24-9-5-8-21-24/h5-10,12,15H,11H2,1-4H3,(H,20,22,25)/t15-/m1/s1. The Morgan fingerprint density at radius 1 is 1.28 bits per heavy atom. The highest BCUT2D eigenvalue weighted by molar-refractivity contribution is 5.89. The first-order valence-electron chi connectivity index (χ1n) is 8.34. The smallest absolute Gasteiger partial charge is 0.228 e. The van der Waals surface area contributed by atoms with Gasteiger partial charge in [0.15, 0.2) is 0 Å². The molecule has 3 rings (SSSR count). The molecule has 0 spiro atoms. The van der Waals surface area contributed by atoms with E-state index in [1.165, 1.54) is 11.1 Å². The first kappa shape index (κ1) is 17.0. The molecule has 0 unspecified atom stereocenters. The predicted octanol–water partition coefficient (Wildman–Crippen LogP) is 3.49. The summed E-state index contributed by atoms with van der Waals surface area (Å²) in [7, 11) is 1.91. The van der Waals surface area contributed by atoms with Gasteiger partial charge in [0.25, 0.3) is 0 Å². The summed E-state index contributed by atoms with van der Waals surface area (Å²) in [6.45, 7) is 6.15. The summed E-state index contributed by atoms with van der Waals surface area (Å²) in [5.74, 6) is 0.467. The van der Waals surface area contributed by atoms with E-state index in [2.05, 4.69) is 47.4 Å². The van der Waals surface area contributed by atoms with E-state index >= 15 is 0 Å². The van der Waals surface area contributed by atoms with Crippen LogP contribution in [0.1, 0.15) is 30.5 Å². The van der Waals surface area contributed by atoms with E-state index in [1.54, 1.807) is 17.1 Å². The summed E-state index contributed by atoms with van der Waals surface area (Å²) in [5, 5.41) is 7.06. The first-order valence-corrected chi connectivity index (χ1v) is 8.34. The Bertz CT molecular complexity index is 879. The second kappa shape index (κ2) is 6.93. The number of hydrogen-bond donors (Lipinski definition) is 1. The number of benzene rings is 1. The van der Waals surface area contributed by atoms with Crippen LogP contribution in [0.5, 0.6) is 0 Å². The Morgan fingerprint density at radius 3 is 2.76 bits per heavy atom. The van der Waals surface area contributed by atoms with Crippen molar-refractivity contribution in [3.63, 3.8) is 0 Å². The number of carbonyl (C=O) groups is 1. The van der Waals surface area contributed by atoms with E-state index < -0.39 is 0 Å². The number of hydrogen-bond acceptors (Lipinski definition) is 3. The van der Waals surface area contributed by atoms with Crippen molar-refractivity contribution in [1.82, 2.24) is 19.3 Å². The van der Waals surface area contributed by atoms with E-state index in [-0.39, 0.29) is 11.9 Å². The molecule has 0 aliphatic carbocycles. The summed E-state index contributed by atoms with van der Waals surface area (Å²) in [4.78, 5) is 16.7. The number of nitrogens with zero attached hydrogens (tertiary/aromatic N) is 4. The van der Waals surface area contributed by atoms with Gasteiger partial charge in [0, 0.05) is 31.4 Å². The number of anilines is 1. The molecule has 0 aliphatic rings. The predicted molar refractivity (Wildman–Crippen MR) is 98.3 cm³/mol. The van der Waals surface area contributed by atoms with E-state index in [1.807, 2.05) is 30.8 Å². The highest BCUT2D eigenvalue weighted by Gasteiger charge is 2.15. The molecule has 1 amide bonds. The number of imidazole rings is 1. The van der Waals surface area contributed by atoms with Crippen LogP contribution in [0.25, 0.3) is 11.3 Å². The fourth-order valence-electron chi connectivity index (χ4n) is 2.77. The highest BCUT2D eigenvalue weighted by Crippen LogP contribution is 2.24. The quantitative estimate of drug-likeness (QED) is 0.775. The molecule has 2 aromatic heterocycles. The molecule has 1 aromatic carbocycles. The lowest BCUT2D eigenvalue weighted by molar-refractivity contribution is -0.116. The summed E-state index contributed by atoms with van der Waals surface area (Å²) in [6, 6.07) is 8.15. The van der Waals surface area contributed by atoms with Gasteiger partial charge in [-0.2, -0.15) is 5.10 Å². The summed E-state index contributed by atoms with van der Waals surface area (Å²) in [5.41, 5.74) is 4.55. The van der Waals surface area contributed by atoms with Crippen molar-refractivity contribution in [3.05, 3.63) is 54.0 Å². The fraction of sp³-hybridized carbons (Fsp3) is 0.316. The molecule has 2 heterocycles. The van der Waals surface area contributed by atoms with Gasteiger partial charge in [0.2, 0.25) is 11.9 Å². The van der Waals surface area contributed by atoms with Crippen LogP contribution in [-0.4, -0.2) is 25.2 Å². The Labute approximate surface area is 147 Å². The summed E-state index contributed by atoms with van der Waals surface area (Å²) < 4.78 is 3.68. The SMILES string of the molecule is Cc1ccc(-c2cnc(NC(=O)C[C@@H](C)n3cccn3)n2C)cc1C. The molecule has 0 aliphatic heterocycles. The molecule has 25 heavy (non-hydrogen) atoms. The molecular weight excluding hydrogens is 314 g/mol. The number of rotatable bonds is 5. The van der Waals surface area contributed by atoms with Gasteiger partial charge in [0.1, 0.15) is 0 Å². The van der Waals surface area contributed by atoms with E-state index in [0.29, 0.717) is 12.4 Å². The average molecular weight is 337 g/mol. The molecule has 0 bridgehead atoms. The van der Waals surface area contributed by atoms with Crippen molar-refractivity contribution in [2.24, 2.45) is 7.05 Å². The van der Waals surface area contributed by atoms with Crippen LogP contribution in [0.2, 0.25) is 0 Å². The average Bonchev–Trinajstić information content (AvgIpc) is 3.21. The maximum atomic E-state index is 12.3. The second-order valence-corrected chi connectivity index (χ2v) is 6.41. The maximum Gasteiger partial charge on any atom is 0.228 e.